The molecular weight excluding hydrogens is 913 g/mol. The molecule has 0 saturated heterocycles. The summed E-state index contributed by atoms with van der Waals surface area (Å²) in [6.45, 7) is 61.4. The Bertz CT molecular complexity index is 2750. The van der Waals surface area contributed by atoms with Crippen LogP contribution in [-0.4, -0.2) is 32.3 Å². The van der Waals surface area contributed by atoms with Crippen molar-refractivity contribution >= 4 is 159 Å². The standard InChI is InChI=1S/C56H82S4Si4/c1-31(2)53(9,10)61(17,18)43-27-37-39-29-45(63(21,22)55(13,14)33(5)6)59-51(39)47-36-26-42-48(35(36)25-41(47)49(37)57-43)52-40(30-46(60-52)64(23,24)56(15,16)34(7)8)38-28-44(58-50(38)42)62(19,20)54(11,12)32(3)4/h25-34H,1-24H3. The molecule has 8 heteroatoms. The van der Waals surface area contributed by atoms with Crippen molar-refractivity contribution in [3.8, 4) is 0 Å². The van der Waals surface area contributed by atoms with Gasteiger partial charge in [-0.3, -0.25) is 0 Å². The molecular formula is C56H82S4Si4. The van der Waals surface area contributed by atoms with Gasteiger partial charge in [-0.25, -0.2) is 0 Å². The van der Waals surface area contributed by atoms with Crippen LogP contribution in [0.25, 0.3) is 63.6 Å². The van der Waals surface area contributed by atoms with Gasteiger partial charge in [-0.15, -0.1) is 45.3 Å². The van der Waals surface area contributed by atoms with Crippen LogP contribution in [0.1, 0.15) is 133 Å². The van der Waals surface area contributed by atoms with Crippen molar-refractivity contribution in [2.45, 2.75) is 183 Å². The second kappa shape index (κ2) is 15.1. The normalized spacial score (nSPS) is 15.9. The maximum Gasteiger partial charge on any atom is 0.0992 e. The van der Waals surface area contributed by atoms with E-state index in [0.717, 1.165) is 0 Å². The van der Waals surface area contributed by atoms with Gasteiger partial charge in [0.2, 0.25) is 0 Å². The number of rotatable bonds is 12. The highest BCUT2D eigenvalue weighted by Gasteiger charge is 2.49. The van der Waals surface area contributed by atoms with Gasteiger partial charge in [-0.05, 0) is 109 Å². The highest BCUT2D eigenvalue weighted by molar-refractivity contribution is 7.35. The van der Waals surface area contributed by atoms with Gasteiger partial charge in [0.25, 0.3) is 0 Å². The Labute approximate surface area is 409 Å². The van der Waals surface area contributed by atoms with Crippen LogP contribution in [0.3, 0.4) is 0 Å². The van der Waals surface area contributed by atoms with Gasteiger partial charge < -0.3 is 0 Å². The highest BCUT2D eigenvalue weighted by atomic mass is 32.1. The zero-order chi connectivity index (χ0) is 47.8. The van der Waals surface area contributed by atoms with Crippen LogP contribution in [0.5, 0.6) is 0 Å². The average molecular weight is 996 g/mol. The van der Waals surface area contributed by atoms with Gasteiger partial charge in [0.15, 0.2) is 0 Å². The molecule has 4 heterocycles. The van der Waals surface area contributed by atoms with E-state index in [1.165, 1.54) is 64.3 Å². The fourth-order valence-corrected chi connectivity index (χ4v) is 33.4. The molecule has 2 aliphatic carbocycles. The quantitative estimate of drug-likeness (QED) is 0.107. The Kier molecular flexibility index (Phi) is 11.5. The van der Waals surface area contributed by atoms with E-state index in [2.05, 4.69) is 245 Å². The van der Waals surface area contributed by atoms with Crippen molar-refractivity contribution < 1.29 is 0 Å². The molecule has 0 N–H and O–H groups in total. The smallest absolute Gasteiger partial charge is 0.0992 e. The molecule has 0 fully saturated rings. The number of hydrogen-bond donors (Lipinski definition) is 0. The molecule has 64 heavy (non-hydrogen) atoms. The Morgan fingerprint density at radius 1 is 0.344 bits per heavy atom. The zero-order valence-corrected chi connectivity index (χ0v) is 51.7. The molecule has 6 aromatic rings. The van der Waals surface area contributed by atoms with E-state index >= 15 is 0 Å². The first-order valence-electron chi connectivity index (χ1n) is 24.6. The summed E-state index contributed by atoms with van der Waals surface area (Å²) in [5, 5.41) is 7.18. The minimum atomic E-state index is -1.89. The predicted molar refractivity (Wildman–Crippen MR) is 314 cm³/mol. The van der Waals surface area contributed by atoms with Crippen molar-refractivity contribution in [1.29, 1.82) is 0 Å². The molecule has 0 amide bonds. The summed E-state index contributed by atoms with van der Waals surface area (Å²) in [7, 11) is -7.52. The van der Waals surface area contributed by atoms with Gasteiger partial charge in [-0.1, -0.05) is 163 Å². The van der Waals surface area contributed by atoms with Crippen LogP contribution in [0.2, 0.25) is 72.5 Å². The first-order chi connectivity index (χ1) is 29.1. The third-order valence-electron chi connectivity index (χ3n) is 21.1. The molecule has 0 saturated carbocycles. The third kappa shape index (κ3) is 6.46. The number of benzene rings is 2. The van der Waals surface area contributed by atoms with Crippen molar-refractivity contribution in [1.82, 2.24) is 0 Å². The van der Waals surface area contributed by atoms with Crippen molar-refractivity contribution in [2.75, 3.05) is 0 Å². The van der Waals surface area contributed by atoms with Crippen LogP contribution in [0, 0.1) is 23.7 Å². The average Bonchev–Trinajstić information content (AvgIpc) is 4.02. The molecule has 2 aliphatic rings. The van der Waals surface area contributed by atoms with Crippen LogP contribution >= 0.6 is 45.3 Å². The molecule has 2 aromatic carbocycles. The Morgan fingerprint density at radius 3 is 0.766 bits per heavy atom. The maximum absolute atomic E-state index is 2.72. The summed E-state index contributed by atoms with van der Waals surface area (Å²) >= 11 is 8.69. The molecule has 0 nitrogen and oxygen atoms in total. The second-order valence-corrected chi connectivity index (χ2v) is 52.1. The second-order valence-electron chi connectivity index (χ2n) is 26.1. The van der Waals surface area contributed by atoms with E-state index in [0.29, 0.717) is 23.7 Å². The van der Waals surface area contributed by atoms with Crippen molar-refractivity contribution in [2.24, 2.45) is 23.7 Å². The summed E-state index contributed by atoms with van der Waals surface area (Å²) < 4.78 is 12.8. The number of fused-ring (bicyclic) bond motifs is 15. The van der Waals surface area contributed by atoms with E-state index in [1.807, 2.05) is 0 Å². The highest BCUT2D eigenvalue weighted by Crippen LogP contribution is 2.60. The molecule has 8 rings (SSSR count). The first-order valence-corrected chi connectivity index (χ1v) is 39.9. The van der Waals surface area contributed by atoms with E-state index in [-0.39, 0.29) is 20.2 Å². The number of allylic oxidation sites excluding steroid dienone is 2. The SMILES string of the molecule is CC(C)C(C)(C)[Si](C)(C)c1cc2c(s1)c1c(c3sc([Si](C)(C)C(C)(C)C(C)C)cc32)C2=Cc3c(c4sc([Si](C)(C)C(C)(C)C(C)C)cc4c4cc([Si](C)(C)C(C)(C)C(C)C)sc34)C2=C1. The van der Waals surface area contributed by atoms with Crippen molar-refractivity contribution in [3.05, 3.63) is 46.5 Å². The van der Waals surface area contributed by atoms with E-state index in [1.54, 1.807) is 27.4 Å². The first kappa shape index (κ1) is 49.1. The summed E-state index contributed by atoms with van der Waals surface area (Å²) in [4.78, 5) is 0. The lowest BCUT2D eigenvalue weighted by molar-refractivity contribution is 0.462. The fourth-order valence-electron chi connectivity index (χ4n) is 10.7. The van der Waals surface area contributed by atoms with E-state index < -0.39 is 32.3 Å². The minimum Gasteiger partial charge on any atom is -0.144 e. The largest absolute Gasteiger partial charge is 0.144 e. The lowest BCUT2D eigenvalue weighted by Gasteiger charge is -2.42. The van der Waals surface area contributed by atoms with Crippen LogP contribution < -0.4 is 18.0 Å². The summed E-state index contributed by atoms with van der Waals surface area (Å²) in [6, 6.07) is 10.9. The molecule has 0 atom stereocenters. The van der Waals surface area contributed by atoms with Gasteiger partial charge in [0.1, 0.15) is 0 Å². The summed E-state index contributed by atoms with van der Waals surface area (Å²) in [6.07, 6.45) is 5.41. The van der Waals surface area contributed by atoms with Gasteiger partial charge in [0.05, 0.1) is 32.3 Å². The predicted octanol–water partition coefficient (Wildman–Crippen LogP) is 18.4. The maximum atomic E-state index is 2.72. The van der Waals surface area contributed by atoms with E-state index in [4.69, 9.17) is 0 Å². The number of hydrogen-bond acceptors (Lipinski definition) is 4. The van der Waals surface area contributed by atoms with E-state index in [9.17, 15) is 0 Å². The monoisotopic (exact) mass is 994 g/mol. The van der Waals surface area contributed by atoms with Crippen LogP contribution in [0.15, 0.2) is 24.3 Å². The van der Waals surface area contributed by atoms with Crippen molar-refractivity contribution in [3.63, 3.8) is 0 Å². The molecule has 0 aliphatic heterocycles. The minimum absolute atomic E-state index is 0.270. The molecule has 4 aromatic heterocycles. The van der Waals surface area contributed by atoms with Crippen LogP contribution in [0.4, 0.5) is 0 Å². The molecule has 0 spiro atoms. The molecule has 0 bridgehead atoms. The molecule has 346 valence electrons. The summed E-state index contributed by atoms with van der Waals surface area (Å²) in [5.41, 5.74) is 9.09. The van der Waals surface area contributed by atoms with Crippen LogP contribution in [-0.2, 0) is 0 Å². The lowest BCUT2D eigenvalue weighted by atomic mass is 9.99. The Morgan fingerprint density at radius 2 is 0.547 bits per heavy atom. The van der Waals surface area contributed by atoms with Gasteiger partial charge >= 0.3 is 0 Å². The topological polar surface area (TPSA) is 0 Å². The van der Waals surface area contributed by atoms with Gasteiger partial charge in [-0.2, -0.15) is 0 Å². The fraction of sp³-hybridized carbons (Fsp3) is 0.571. The Hall–Kier alpha value is -1.37. The third-order valence-corrected chi connectivity index (χ3v) is 53.0. The number of thiophene rings is 4. The lowest BCUT2D eigenvalue weighted by Crippen LogP contribution is -2.51. The zero-order valence-electron chi connectivity index (χ0n) is 44.4. The Balaban J connectivity index is 1.47. The summed E-state index contributed by atoms with van der Waals surface area (Å²) in [5.74, 6) is 2.50. The van der Waals surface area contributed by atoms with Gasteiger partial charge in [0, 0.05) is 62.6 Å². The molecule has 0 radical (unpaired) electrons. The molecule has 0 unspecified atom stereocenters.